The number of amides is 1. The van der Waals surface area contributed by atoms with Crippen LogP contribution in [0, 0.1) is 0 Å². The zero-order valence-electron chi connectivity index (χ0n) is 14.3. The highest BCUT2D eigenvalue weighted by Crippen LogP contribution is 2.37. The maximum absolute atomic E-state index is 12.7. The number of rotatable bonds is 4. The third kappa shape index (κ3) is 3.41. The number of thiophene rings is 1. The number of hydrogen-bond acceptors (Lipinski definition) is 5. The van der Waals surface area contributed by atoms with E-state index in [9.17, 15) is 4.79 Å². The number of carbonyl (C=O) groups is 1. The maximum Gasteiger partial charge on any atom is 0.263 e. The van der Waals surface area contributed by atoms with E-state index in [-0.39, 0.29) is 5.91 Å². The first-order chi connectivity index (χ1) is 12.7. The molecule has 0 aliphatic carbocycles. The average Bonchev–Trinajstić information content (AvgIpc) is 3.18. The first-order valence-corrected chi connectivity index (χ1v) is 9.16. The molecule has 26 heavy (non-hydrogen) atoms. The summed E-state index contributed by atoms with van der Waals surface area (Å²) in [6.45, 7) is 1.67. The summed E-state index contributed by atoms with van der Waals surface area (Å²) in [5, 5.41) is 0. The SMILES string of the molecule is CN(Cc1cccnc1)C(=O)c1ccc(-c2ccc3c(c2)OCCO3)s1. The van der Waals surface area contributed by atoms with Crippen molar-refractivity contribution >= 4 is 17.2 Å². The van der Waals surface area contributed by atoms with Gasteiger partial charge in [-0.2, -0.15) is 0 Å². The Kier molecular flexibility index (Phi) is 4.58. The molecule has 1 aliphatic heterocycles. The van der Waals surface area contributed by atoms with E-state index in [2.05, 4.69) is 4.98 Å². The van der Waals surface area contributed by atoms with Crippen LogP contribution in [0.15, 0.2) is 54.9 Å². The molecule has 2 aromatic heterocycles. The lowest BCUT2D eigenvalue weighted by molar-refractivity contribution is 0.0790. The van der Waals surface area contributed by atoms with Crippen LogP contribution in [0.3, 0.4) is 0 Å². The van der Waals surface area contributed by atoms with E-state index in [1.54, 1.807) is 24.3 Å². The van der Waals surface area contributed by atoms with Gasteiger partial charge in [0, 0.05) is 30.9 Å². The van der Waals surface area contributed by atoms with E-state index < -0.39 is 0 Å². The Hall–Kier alpha value is -2.86. The molecule has 0 spiro atoms. The Morgan fingerprint density at radius 3 is 2.81 bits per heavy atom. The van der Waals surface area contributed by atoms with Gasteiger partial charge in [-0.25, -0.2) is 0 Å². The number of fused-ring (bicyclic) bond motifs is 1. The van der Waals surface area contributed by atoms with Gasteiger partial charge in [0.1, 0.15) is 13.2 Å². The molecule has 6 heteroatoms. The summed E-state index contributed by atoms with van der Waals surface area (Å²) in [5.74, 6) is 1.52. The predicted octanol–water partition coefficient (Wildman–Crippen LogP) is 3.85. The molecule has 1 amide bonds. The minimum atomic E-state index is 0.00245. The fourth-order valence-corrected chi connectivity index (χ4v) is 3.83. The third-order valence-corrected chi connectivity index (χ3v) is 5.26. The van der Waals surface area contributed by atoms with Gasteiger partial charge in [0.25, 0.3) is 5.91 Å². The molecule has 4 rings (SSSR count). The molecule has 0 saturated carbocycles. The largest absolute Gasteiger partial charge is 0.486 e. The molecule has 0 radical (unpaired) electrons. The minimum Gasteiger partial charge on any atom is -0.486 e. The first-order valence-electron chi connectivity index (χ1n) is 8.35. The second-order valence-electron chi connectivity index (χ2n) is 6.04. The van der Waals surface area contributed by atoms with Crippen molar-refractivity contribution in [3.63, 3.8) is 0 Å². The van der Waals surface area contributed by atoms with Gasteiger partial charge < -0.3 is 14.4 Å². The Labute approximate surface area is 155 Å². The van der Waals surface area contributed by atoms with Crippen LogP contribution in [0.25, 0.3) is 10.4 Å². The Bertz CT molecular complexity index is 924. The number of hydrogen-bond donors (Lipinski definition) is 0. The van der Waals surface area contributed by atoms with Crippen LogP contribution in [0.1, 0.15) is 15.2 Å². The van der Waals surface area contributed by atoms with Crippen LogP contribution >= 0.6 is 11.3 Å². The summed E-state index contributed by atoms with van der Waals surface area (Å²) >= 11 is 1.48. The molecule has 1 aromatic carbocycles. The number of pyridine rings is 1. The van der Waals surface area contributed by atoms with E-state index >= 15 is 0 Å². The normalized spacial score (nSPS) is 12.7. The Morgan fingerprint density at radius 1 is 1.15 bits per heavy atom. The average molecular weight is 366 g/mol. The van der Waals surface area contributed by atoms with Crippen molar-refractivity contribution in [3.8, 4) is 21.9 Å². The lowest BCUT2D eigenvalue weighted by Crippen LogP contribution is -2.25. The van der Waals surface area contributed by atoms with Gasteiger partial charge in [0.2, 0.25) is 0 Å². The number of ether oxygens (including phenoxy) is 2. The summed E-state index contributed by atoms with van der Waals surface area (Å²) in [5.41, 5.74) is 2.03. The highest BCUT2D eigenvalue weighted by molar-refractivity contribution is 7.17. The van der Waals surface area contributed by atoms with Gasteiger partial charge in [-0.1, -0.05) is 6.07 Å². The second kappa shape index (κ2) is 7.17. The molecule has 0 atom stereocenters. The molecule has 1 aliphatic rings. The van der Waals surface area contributed by atoms with Crippen LogP contribution in [0.5, 0.6) is 11.5 Å². The molecule has 3 heterocycles. The molecular weight excluding hydrogens is 348 g/mol. The standard InChI is InChI=1S/C20H18N2O3S/c1-22(13-14-3-2-8-21-12-14)20(23)19-7-6-18(26-19)15-4-5-16-17(11-15)25-10-9-24-16/h2-8,11-12H,9-10,13H2,1H3. The number of carbonyl (C=O) groups excluding carboxylic acids is 1. The second-order valence-corrected chi connectivity index (χ2v) is 7.13. The van der Waals surface area contributed by atoms with Crippen LogP contribution < -0.4 is 9.47 Å². The highest BCUT2D eigenvalue weighted by Gasteiger charge is 2.17. The van der Waals surface area contributed by atoms with E-state index in [0.29, 0.717) is 24.6 Å². The predicted molar refractivity (Wildman–Crippen MR) is 101 cm³/mol. The maximum atomic E-state index is 12.7. The molecule has 0 fully saturated rings. The van der Waals surface area contributed by atoms with Crippen molar-refractivity contribution in [1.82, 2.24) is 9.88 Å². The van der Waals surface area contributed by atoms with Gasteiger partial charge in [0.05, 0.1) is 4.88 Å². The van der Waals surface area contributed by atoms with Crippen LogP contribution in [-0.2, 0) is 6.54 Å². The molecule has 132 valence electrons. The monoisotopic (exact) mass is 366 g/mol. The summed E-state index contributed by atoms with van der Waals surface area (Å²) in [6.07, 6.45) is 3.50. The van der Waals surface area contributed by atoms with Crippen molar-refractivity contribution in [1.29, 1.82) is 0 Å². The van der Waals surface area contributed by atoms with Gasteiger partial charge in [-0.3, -0.25) is 9.78 Å². The summed E-state index contributed by atoms with van der Waals surface area (Å²) in [4.78, 5) is 20.2. The van der Waals surface area contributed by atoms with E-state index in [4.69, 9.17) is 9.47 Å². The fraction of sp³-hybridized carbons (Fsp3) is 0.200. The zero-order valence-corrected chi connectivity index (χ0v) is 15.2. The number of nitrogens with zero attached hydrogens (tertiary/aromatic N) is 2. The summed E-state index contributed by atoms with van der Waals surface area (Å²) < 4.78 is 11.2. The van der Waals surface area contributed by atoms with Crippen LogP contribution in [-0.4, -0.2) is 36.1 Å². The van der Waals surface area contributed by atoms with E-state index in [1.807, 2.05) is 42.5 Å². The third-order valence-electron chi connectivity index (χ3n) is 4.13. The summed E-state index contributed by atoms with van der Waals surface area (Å²) in [7, 11) is 1.80. The quantitative estimate of drug-likeness (QED) is 0.704. The lowest BCUT2D eigenvalue weighted by Gasteiger charge is -2.18. The molecule has 0 bridgehead atoms. The number of benzene rings is 1. The van der Waals surface area contributed by atoms with Crippen molar-refractivity contribution in [2.75, 3.05) is 20.3 Å². The fourth-order valence-electron chi connectivity index (χ4n) is 2.83. The molecule has 3 aromatic rings. The smallest absolute Gasteiger partial charge is 0.263 e. The Balaban J connectivity index is 1.51. The molecule has 0 N–H and O–H groups in total. The highest BCUT2D eigenvalue weighted by atomic mass is 32.1. The van der Waals surface area contributed by atoms with Crippen molar-refractivity contribution in [2.45, 2.75) is 6.54 Å². The summed E-state index contributed by atoms with van der Waals surface area (Å²) in [6, 6.07) is 13.6. The van der Waals surface area contributed by atoms with E-state index in [1.165, 1.54) is 11.3 Å². The van der Waals surface area contributed by atoms with Crippen molar-refractivity contribution in [3.05, 3.63) is 65.3 Å². The van der Waals surface area contributed by atoms with Gasteiger partial charge in [-0.15, -0.1) is 11.3 Å². The Morgan fingerprint density at radius 2 is 2.00 bits per heavy atom. The van der Waals surface area contributed by atoms with Gasteiger partial charge in [0.15, 0.2) is 11.5 Å². The van der Waals surface area contributed by atoms with Gasteiger partial charge >= 0.3 is 0 Å². The van der Waals surface area contributed by atoms with Crippen molar-refractivity contribution in [2.24, 2.45) is 0 Å². The van der Waals surface area contributed by atoms with Crippen LogP contribution in [0.4, 0.5) is 0 Å². The zero-order chi connectivity index (χ0) is 17.9. The van der Waals surface area contributed by atoms with Gasteiger partial charge in [-0.05, 0) is 47.5 Å². The molecular formula is C20H18N2O3S. The lowest BCUT2D eigenvalue weighted by atomic mass is 10.1. The molecule has 0 saturated heterocycles. The molecule has 5 nitrogen and oxygen atoms in total. The number of aromatic nitrogens is 1. The topological polar surface area (TPSA) is 51.7 Å². The first kappa shape index (κ1) is 16.6. The minimum absolute atomic E-state index is 0.00245. The van der Waals surface area contributed by atoms with Crippen LogP contribution in [0.2, 0.25) is 0 Å². The van der Waals surface area contributed by atoms with Crippen molar-refractivity contribution < 1.29 is 14.3 Å². The molecule has 0 unspecified atom stereocenters. The van der Waals surface area contributed by atoms with E-state index in [0.717, 1.165) is 27.5 Å².